The van der Waals surface area contributed by atoms with Crippen LogP contribution in [0.3, 0.4) is 0 Å². The molecule has 0 radical (unpaired) electrons. The van der Waals surface area contributed by atoms with E-state index in [1.54, 1.807) is 54.4 Å². The lowest BCUT2D eigenvalue weighted by molar-refractivity contribution is -0.142. The average Bonchev–Trinajstić information content (AvgIpc) is 0.835. The number of aliphatic imine (C=N–C) groups is 2. The van der Waals surface area contributed by atoms with Gasteiger partial charge in [0.15, 0.2) is 40.2 Å². The summed E-state index contributed by atoms with van der Waals surface area (Å²) < 4.78 is 27.3. The van der Waals surface area contributed by atoms with E-state index in [0.29, 0.717) is 154 Å². The van der Waals surface area contributed by atoms with Crippen LogP contribution in [0.5, 0.6) is 11.5 Å². The Kier molecular flexibility index (Phi) is 57.6. The summed E-state index contributed by atoms with van der Waals surface area (Å²) in [5.41, 5.74) is 28.2. The summed E-state index contributed by atoms with van der Waals surface area (Å²) >= 11 is 0.862. The van der Waals surface area contributed by atoms with Gasteiger partial charge in [-0.25, -0.2) is 11.0 Å². The van der Waals surface area contributed by atoms with Gasteiger partial charge in [-0.15, -0.1) is 0 Å². The number of carbonyl (C=O) groups excluding carboxylic acids is 14. The number of benzene rings is 2. The zero-order chi connectivity index (χ0) is 93.0. The predicted octanol–water partition coefficient (Wildman–Crippen LogP) is 4.28. The number of fused-ring (bicyclic) bond motifs is 22. The molecule has 4 aliphatic rings. The average molecular weight is 1780 g/mol. The molecule has 698 valence electrons. The number of nitrogens with two attached hydrogens (primary N) is 4. The Hall–Kier alpha value is -10.5. The molecule has 38 heteroatoms. The summed E-state index contributed by atoms with van der Waals surface area (Å²) in [6, 6.07) is 16.2. The van der Waals surface area contributed by atoms with Gasteiger partial charge in [-0.3, -0.25) is 92.5 Å². The number of thioether (sulfide) groups is 1. The van der Waals surface area contributed by atoms with Crippen molar-refractivity contribution in [3.05, 3.63) is 89.2 Å². The van der Waals surface area contributed by atoms with Gasteiger partial charge in [0, 0.05) is 121 Å². The Morgan fingerprint density at radius 1 is 0.576 bits per heavy atom. The molecule has 4 bridgehead atoms. The molecule has 7 rings (SSSR count). The summed E-state index contributed by atoms with van der Waals surface area (Å²) in [5, 5.41) is 37.8. The summed E-state index contributed by atoms with van der Waals surface area (Å²) in [6.07, 6.45) is 7.87. The first-order valence-corrected chi connectivity index (χ1v) is 43.9. The van der Waals surface area contributed by atoms with E-state index in [2.05, 4.69) is 59.1 Å². The third kappa shape index (κ3) is 49.7. The Morgan fingerprint density at radius 2 is 1.04 bits per heavy atom. The van der Waals surface area contributed by atoms with Crippen LogP contribution in [0.25, 0.3) is 0 Å². The van der Waals surface area contributed by atoms with Crippen LogP contribution in [0.2, 0.25) is 0 Å². The number of hydrogen-bond acceptors (Lipinski definition) is 25. The van der Waals surface area contributed by atoms with Crippen molar-refractivity contribution in [3.63, 3.8) is 0 Å². The van der Waals surface area contributed by atoms with Crippen molar-refractivity contribution >= 4 is 105 Å². The molecular formula is C87H138N16O21S. The van der Waals surface area contributed by atoms with E-state index < -0.39 is 77.1 Å². The molecule has 0 aliphatic carbocycles. The smallest absolute Gasteiger partial charge is 0.252 e. The first kappa shape index (κ1) is 111. The minimum absolute atomic E-state index is 0.00766. The SMILES string of the molecule is CCC(=O)CNC(=O)CCC(=O)CNC(=O)CSC(C)=O.CCCNC(=O)[C@H](CCCN=C(N)N)CC(=O)[C@@H]1Cc2ccc(cc2)OCCC[C@H](C(=O)NO)[C@@H](CC(C)C)C(=O)N1.CCCOCCOCCNC(=O)c1ccc(C)nc1.COCCNC(=O)[C@H](CCCN=C(N)N)CC(=O)[C@@H]1Cc2ccc(cc2)OCCC[C@H](C(=O)NO)[C@@H](CC(C)C)C(=O)N1. The highest BCUT2D eigenvalue weighted by molar-refractivity contribution is 8.14. The van der Waals surface area contributed by atoms with E-state index in [-0.39, 0.29) is 140 Å². The van der Waals surface area contributed by atoms with Crippen LogP contribution in [0.4, 0.5) is 0 Å². The van der Waals surface area contributed by atoms with Gasteiger partial charge in [0.2, 0.25) is 47.3 Å². The number of hydrogen-bond donors (Lipinski definition) is 15. The summed E-state index contributed by atoms with van der Waals surface area (Å²) in [6.45, 7) is 21.8. The lowest BCUT2D eigenvalue weighted by Gasteiger charge is -2.29. The van der Waals surface area contributed by atoms with Crippen molar-refractivity contribution in [3.8, 4) is 11.5 Å². The monoisotopic (exact) mass is 1770 g/mol. The third-order valence-electron chi connectivity index (χ3n) is 19.6. The van der Waals surface area contributed by atoms with Crippen LogP contribution in [0.15, 0.2) is 76.8 Å². The molecule has 5 heterocycles. The quantitative estimate of drug-likeness (QED) is 0.0123. The highest BCUT2D eigenvalue weighted by Crippen LogP contribution is 2.30. The number of carbonyl (C=O) groups is 14. The highest BCUT2D eigenvalue weighted by Gasteiger charge is 2.39. The number of amides is 9. The van der Waals surface area contributed by atoms with Crippen molar-refractivity contribution < 1.29 is 101 Å². The number of rotatable bonds is 46. The highest BCUT2D eigenvalue weighted by atomic mass is 32.2. The van der Waals surface area contributed by atoms with Crippen molar-refractivity contribution in [1.82, 2.24) is 53.2 Å². The third-order valence-corrected chi connectivity index (χ3v) is 20.4. The van der Waals surface area contributed by atoms with Gasteiger partial charge in [-0.1, -0.05) is 84.5 Å². The van der Waals surface area contributed by atoms with Gasteiger partial charge in [0.1, 0.15) is 11.5 Å². The maximum atomic E-state index is 13.8. The largest absolute Gasteiger partial charge is 0.494 e. The van der Waals surface area contributed by atoms with Crippen molar-refractivity contribution in [1.29, 1.82) is 0 Å². The molecule has 0 fully saturated rings. The van der Waals surface area contributed by atoms with Gasteiger partial charge in [-0.05, 0) is 156 Å². The molecular weight excluding hydrogens is 1640 g/mol. The number of ether oxygens (including phenoxy) is 5. The molecule has 4 aliphatic heterocycles. The second-order valence-electron chi connectivity index (χ2n) is 31.1. The van der Waals surface area contributed by atoms with Crippen LogP contribution >= 0.6 is 11.8 Å². The van der Waals surface area contributed by atoms with Gasteiger partial charge in [0.05, 0.1) is 88.0 Å². The van der Waals surface area contributed by atoms with E-state index in [4.69, 9.17) is 46.6 Å². The molecule has 19 N–H and O–H groups in total. The molecule has 3 aromatic rings. The first-order chi connectivity index (χ1) is 59.7. The van der Waals surface area contributed by atoms with Gasteiger partial charge < -0.3 is 83.8 Å². The lowest BCUT2D eigenvalue weighted by atomic mass is 9.81. The molecule has 0 saturated carbocycles. The normalized spacial score (nSPS) is 16.8. The zero-order valence-electron chi connectivity index (χ0n) is 74.4. The van der Waals surface area contributed by atoms with Crippen LogP contribution in [-0.2, 0) is 89.4 Å². The Morgan fingerprint density at radius 3 is 1.46 bits per heavy atom. The number of aromatic nitrogens is 1. The van der Waals surface area contributed by atoms with Crippen molar-refractivity contribution in [2.45, 2.75) is 196 Å². The number of nitrogens with one attached hydrogen (secondary N) is 9. The Labute approximate surface area is 738 Å². The molecule has 37 nitrogen and oxygen atoms in total. The Balaban J connectivity index is 0.000000599. The number of aryl methyl sites for hydroxylation is 1. The second-order valence-corrected chi connectivity index (χ2v) is 32.2. The fourth-order valence-electron chi connectivity index (χ4n) is 13.0. The number of ketones is 4. The lowest BCUT2D eigenvalue weighted by Crippen LogP contribution is -2.49. The number of hydroxylamine groups is 2. The van der Waals surface area contributed by atoms with Gasteiger partial charge in [0.25, 0.3) is 5.91 Å². The van der Waals surface area contributed by atoms with E-state index in [9.17, 15) is 77.5 Å². The zero-order valence-corrected chi connectivity index (χ0v) is 75.2. The van der Waals surface area contributed by atoms with E-state index in [1.807, 2.05) is 71.9 Å². The summed E-state index contributed by atoms with van der Waals surface area (Å²) in [5.74, 6) is -7.83. The number of methoxy groups -OCH3 is 1. The molecule has 0 spiro atoms. The van der Waals surface area contributed by atoms with Crippen LogP contribution in [0.1, 0.15) is 192 Å². The van der Waals surface area contributed by atoms with Crippen LogP contribution in [-0.4, -0.2) is 226 Å². The maximum Gasteiger partial charge on any atom is 0.252 e. The molecule has 0 unspecified atom stereocenters. The second kappa shape index (κ2) is 65.1. The van der Waals surface area contributed by atoms with Gasteiger partial charge >= 0.3 is 0 Å². The topological polar surface area (TPSA) is 576 Å². The summed E-state index contributed by atoms with van der Waals surface area (Å²) in [4.78, 5) is 186. The first-order valence-electron chi connectivity index (χ1n) is 42.9. The number of Topliss-reactive ketones (excluding diaryl/α,β-unsaturated/α-hetero) is 4. The molecule has 8 atom stereocenters. The number of nitrogens with zero attached hydrogens (tertiary/aromatic N) is 3. The molecule has 2 aromatic carbocycles. The van der Waals surface area contributed by atoms with Crippen LogP contribution in [0, 0.1) is 54.3 Å². The van der Waals surface area contributed by atoms with E-state index >= 15 is 0 Å². The Bertz CT molecular complexity index is 3850. The summed E-state index contributed by atoms with van der Waals surface area (Å²) in [7, 11) is 1.53. The van der Waals surface area contributed by atoms with Gasteiger partial charge in [-0.2, -0.15) is 0 Å². The minimum Gasteiger partial charge on any atom is -0.494 e. The number of guanidine groups is 2. The fourth-order valence-corrected chi connectivity index (χ4v) is 13.4. The molecule has 1 aromatic heterocycles. The fraction of sp³-hybridized carbons (Fsp3) is 0.621. The van der Waals surface area contributed by atoms with E-state index in [1.165, 1.54) is 14.0 Å². The van der Waals surface area contributed by atoms with Crippen molar-refractivity contribution in [2.75, 3.05) is 105 Å². The standard InChI is InChI=1S/C30H48N6O7.C30H48N6O6.C14H22N2O3.C13H20N2O5S/c1-19(2)16-24-23(29(40)36-41)7-5-14-43-22-10-8-20(9-11-22)17-25(35-28(24)39)26(37)18-21(6-4-12-34-30(31)32)27(38)33-13-15-42-3;1-4-13-33-27(38)21(7-5-14-34-30(31)32)18-26(37)25-17-20-9-11-22(12-10-20)42-15-6-8-23(29(40)36-41)24(16-19(2)3)28(39)35-25;1-3-7-18-9-10-19-8-6-15-14(17)13-5-4-12(2)16-11-13;1-3-10(17)6-14-12(19)5-4-11(18)7-15-13(20)8-21-9(2)16/h8-11,19,21,23-25,41H,4-7,12-18H2,1-3H3,(H,33,38)(H,35,39)(H,36,40)(H4,31,32,34);9-12,19,21,23-25,41H,4-8,13-18H2,1-3H3,(H,33,38)(H,35,39)(H,36,40)(H4,31,32,34);4-5,11H,3,6-10H2,1-2H3,(H,15,17);3-8H2,1-2H3,(H,14,19)(H,15,20)/t2*21-,23+,24-,25+;;/m11../s1. The maximum absolute atomic E-state index is 13.8. The van der Waals surface area contributed by atoms with Crippen molar-refractivity contribution in [2.24, 2.45) is 80.3 Å². The molecule has 9 amide bonds. The minimum atomic E-state index is -0.957. The predicted molar refractivity (Wildman–Crippen MR) is 473 cm³/mol. The van der Waals surface area contributed by atoms with Crippen LogP contribution < -0.4 is 80.6 Å². The van der Waals surface area contributed by atoms with E-state index in [0.717, 1.165) is 48.0 Å². The molecule has 0 saturated heterocycles. The number of pyridine rings is 1. The molecule has 125 heavy (non-hydrogen) atoms.